The average molecular weight is 327 g/mol. The molecule has 0 aliphatic rings. The summed E-state index contributed by atoms with van der Waals surface area (Å²) in [5.74, 6) is 0. The number of benzene rings is 1. The van der Waals surface area contributed by atoms with Crippen molar-refractivity contribution in [3.63, 3.8) is 0 Å². The molecule has 0 aliphatic heterocycles. The number of hydrogen-bond donors (Lipinski definition) is 1. The fourth-order valence-electron chi connectivity index (χ4n) is 0.592. The van der Waals surface area contributed by atoms with E-state index in [0.717, 1.165) is 0 Å². The van der Waals surface area contributed by atoms with Gasteiger partial charge in [0.25, 0.3) is 10.1 Å². The summed E-state index contributed by atoms with van der Waals surface area (Å²) < 4.78 is 29.2. The predicted octanol–water partition coefficient (Wildman–Crippen LogP) is 5.68. The molecule has 0 unspecified atom stereocenters. The first kappa shape index (κ1) is 25.3. The Labute approximate surface area is 136 Å². The second-order valence-electron chi connectivity index (χ2n) is 5.41. The molecule has 22 heavy (non-hydrogen) atoms. The molecule has 0 radical (unpaired) electrons. The third kappa shape index (κ3) is 36.2. The third-order valence-electron chi connectivity index (χ3n) is 1.04. The van der Waals surface area contributed by atoms with Crippen molar-refractivity contribution < 1.29 is 13.0 Å². The molecule has 0 saturated heterocycles. The summed E-state index contributed by atoms with van der Waals surface area (Å²) in [6, 6.07) is 7.42. The Balaban J connectivity index is -0.000000253. The van der Waals surface area contributed by atoms with E-state index in [4.69, 9.17) is 4.55 Å². The summed E-state index contributed by atoms with van der Waals surface area (Å²) in [7, 11) is -4.00. The normalized spacial score (nSPS) is 8.68. The fourth-order valence-corrected chi connectivity index (χ4v) is 1.09. The Kier molecular flexibility index (Phi) is 16.4. The maximum atomic E-state index is 10.4. The van der Waals surface area contributed by atoms with Gasteiger partial charge in [0.05, 0.1) is 4.90 Å². The quantitative estimate of drug-likeness (QED) is 0.533. The van der Waals surface area contributed by atoms with Gasteiger partial charge in [-0.1, -0.05) is 34.9 Å². The van der Waals surface area contributed by atoms with E-state index in [0.29, 0.717) is 0 Å². The second kappa shape index (κ2) is 14.3. The van der Waals surface area contributed by atoms with Crippen molar-refractivity contribution in [3.05, 3.63) is 66.8 Å². The van der Waals surface area contributed by atoms with Crippen molar-refractivity contribution in [2.24, 2.45) is 0 Å². The number of hydrogen-bond acceptors (Lipinski definition) is 2. The molecule has 0 amide bonds. The third-order valence-corrected chi connectivity index (χ3v) is 1.91. The molecular formula is C18H30O3S. The van der Waals surface area contributed by atoms with E-state index in [1.807, 2.05) is 41.5 Å². The van der Waals surface area contributed by atoms with Gasteiger partial charge in [-0.25, -0.2) is 0 Å². The van der Waals surface area contributed by atoms with Gasteiger partial charge in [0.15, 0.2) is 0 Å². The summed E-state index contributed by atoms with van der Waals surface area (Å²) >= 11 is 0. The fraction of sp³-hybridized carbons (Fsp3) is 0.333. The molecule has 0 atom stereocenters. The van der Waals surface area contributed by atoms with Crippen LogP contribution in [0.5, 0.6) is 0 Å². The van der Waals surface area contributed by atoms with Gasteiger partial charge in [0.2, 0.25) is 0 Å². The van der Waals surface area contributed by atoms with Crippen molar-refractivity contribution >= 4 is 10.1 Å². The van der Waals surface area contributed by atoms with Gasteiger partial charge in [-0.3, -0.25) is 4.55 Å². The molecule has 1 N–H and O–H groups in total. The monoisotopic (exact) mass is 326 g/mol. The van der Waals surface area contributed by atoms with Crippen LogP contribution in [-0.2, 0) is 10.1 Å². The van der Waals surface area contributed by atoms with E-state index in [2.05, 4.69) is 19.7 Å². The molecule has 0 spiro atoms. The lowest BCUT2D eigenvalue weighted by Crippen LogP contribution is -1.96. The van der Waals surface area contributed by atoms with Crippen LogP contribution in [0.2, 0.25) is 0 Å². The standard InChI is InChI=1S/C6H6O3S.3C4H8/c7-10(8,9)6-4-2-1-3-5-6;3*1-4(2)3/h1-5H,(H,7,8,9);3*1H2,2-3H3. The maximum Gasteiger partial charge on any atom is 0.294 e. The molecule has 0 heterocycles. The van der Waals surface area contributed by atoms with Crippen LogP contribution in [0.1, 0.15) is 41.5 Å². The Morgan fingerprint density at radius 3 is 1.14 bits per heavy atom. The highest BCUT2D eigenvalue weighted by Crippen LogP contribution is 2.05. The topological polar surface area (TPSA) is 54.4 Å². The molecule has 1 aromatic rings. The van der Waals surface area contributed by atoms with E-state index in [-0.39, 0.29) is 4.90 Å². The van der Waals surface area contributed by atoms with E-state index in [1.165, 1.54) is 28.9 Å². The summed E-state index contributed by atoms with van der Waals surface area (Å²) in [5.41, 5.74) is 3.50. The van der Waals surface area contributed by atoms with Gasteiger partial charge in [0, 0.05) is 0 Å². The molecule has 1 aromatic carbocycles. The molecule has 0 saturated carbocycles. The Morgan fingerprint density at radius 1 is 0.773 bits per heavy atom. The minimum Gasteiger partial charge on any atom is -0.282 e. The second-order valence-corrected chi connectivity index (χ2v) is 6.83. The van der Waals surface area contributed by atoms with Crippen LogP contribution >= 0.6 is 0 Å². The van der Waals surface area contributed by atoms with E-state index >= 15 is 0 Å². The highest BCUT2D eigenvalue weighted by Gasteiger charge is 2.05. The average Bonchev–Trinajstić information content (AvgIpc) is 2.26. The molecule has 0 aromatic heterocycles. The van der Waals surface area contributed by atoms with Crippen LogP contribution < -0.4 is 0 Å². The van der Waals surface area contributed by atoms with E-state index in [1.54, 1.807) is 18.2 Å². The minimum absolute atomic E-state index is 0.0741. The molecular weight excluding hydrogens is 296 g/mol. The van der Waals surface area contributed by atoms with Crippen LogP contribution in [0.3, 0.4) is 0 Å². The number of rotatable bonds is 1. The summed E-state index contributed by atoms with van der Waals surface area (Å²) in [6.45, 7) is 22.5. The van der Waals surface area contributed by atoms with Crippen molar-refractivity contribution in [3.8, 4) is 0 Å². The molecule has 3 nitrogen and oxygen atoms in total. The zero-order chi connectivity index (χ0) is 18.3. The largest absolute Gasteiger partial charge is 0.294 e. The zero-order valence-corrected chi connectivity index (χ0v) is 15.5. The van der Waals surface area contributed by atoms with Crippen LogP contribution in [0.15, 0.2) is 71.7 Å². The lowest BCUT2D eigenvalue weighted by atomic mass is 10.4. The summed E-state index contributed by atoms with van der Waals surface area (Å²) in [5, 5.41) is 0. The molecule has 0 bridgehead atoms. The van der Waals surface area contributed by atoms with Crippen LogP contribution in [0, 0.1) is 0 Å². The van der Waals surface area contributed by atoms with Crippen LogP contribution in [-0.4, -0.2) is 13.0 Å². The van der Waals surface area contributed by atoms with Crippen molar-refractivity contribution in [2.75, 3.05) is 0 Å². The Hall–Kier alpha value is -1.65. The SMILES string of the molecule is C=C(C)C.C=C(C)C.C=C(C)C.O=S(=O)(O)c1ccccc1. The lowest BCUT2D eigenvalue weighted by molar-refractivity contribution is 0.483. The summed E-state index contributed by atoms with van der Waals surface area (Å²) in [4.78, 5) is -0.0741. The van der Waals surface area contributed by atoms with Crippen molar-refractivity contribution in [2.45, 2.75) is 46.4 Å². The van der Waals surface area contributed by atoms with E-state index in [9.17, 15) is 8.42 Å². The lowest BCUT2D eigenvalue weighted by Gasteiger charge is -1.92. The maximum absolute atomic E-state index is 10.4. The predicted molar refractivity (Wildman–Crippen MR) is 97.7 cm³/mol. The summed E-state index contributed by atoms with van der Waals surface area (Å²) in [6.07, 6.45) is 0. The molecule has 0 fully saturated rings. The van der Waals surface area contributed by atoms with Gasteiger partial charge in [-0.15, -0.1) is 19.7 Å². The van der Waals surface area contributed by atoms with Gasteiger partial charge >= 0.3 is 0 Å². The Morgan fingerprint density at radius 2 is 1.00 bits per heavy atom. The molecule has 4 heteroatoms. The van der Waals surface area contributed by atoms with Crippen molar-refractivity contribution in [1.82, 2.24) is 0 Å². The first-order chi connectivity index (χ1) is 9.80. The van der Waals surface area contributed by atoms with Crippen molar-refractivity contribution in [1.29, 1.82) is 0 Å². The van der Waals surface area contributed by atoms with Crippen LogP contribution in [0.4, 0.5) is 0 Å². The molecule has 126 valence electrons. The zero-order valence-electron chi connectivity index (χ0n) is 14.7. The minimum atomic E-state index is -4.00. The van der Waals surface area contributed by atoms with Crippen LogP contribution in [0.25, 0.3) is 0 Å². The van der Waals surface area contributed by atoms with Gasteiger partial charge < -0.3 is 0 Å². The van der Waals surface area contributed by atoms with Gasteiger partial charge in [0.1, 0.15) is 0 Å². The van der Waals surface area contributed by atoms with E-state index < -0.39 is 10.1 Å². The smallest absolute Gasteiger partial charge is 0.282 e. The number of allylic oxidation sites excluding steroid dienone is 3. The first-order valence-electron chi connectivity index (χ1n) is 6.69. The molecule has 1 rings (SSSR count). The first-order valence-corrected chi connectivity index (χ1v) is 8.13. The Bertz CT molecular complexity index is 500. The van der Waals surface area contributed by atoms with Gasteiger partial charge in [-0.2, -0.15) is 8.42 Å². The highest BCUT2D eigenvalue weighted by atomic mass is 32.2. The highest BCUT2D eigenvalue weighted by molar-refractivity contribution is 7.85. The van der Waals surface area contributed by atoms with Gasteiger partial charge in [-0.05, 0) is 53.7 Å². The molecule has 0 aliphatic carbocycles.